The first-order chi connectivity index (χ1) is 11.5. The van der Waals surface area contributed by atoms with Gasteiger partial charge in [0.25, 0.3) is 0 Å². The zero-order valence-corrected chi connectivity index (χ0v) is 16.9. The minimum Gasteiger partial charge on any atom is -0.494 e. The third-order valence-corrected chi connectivity index (χ3v) is 4.54. The summed E-state index contributed by atoms with van der Waals surface area (Å²) in [6.45, 7) is 4.75. The number of benzene rings is 2. The molecule has 2 aromatic carbocycles. The van der Waals surface area contributed by atoms with Crippen LogP contribution in [0.1, 0.15) is 42.1 Å². The number of unbranched alkanes of at least 4 members (excludes halogenated alkanes) is 2. The fourth-order valence-electron chi connectivity index (χ4n) is 2.20. The molecule has 0 aliphatic heterocycles. The Kier molecular flexibility index (Phi) is 7.31. The Morgan fingerprint density at radius 1 is 1.08 bits per heavy atom. The van der Waals surface area contributed by atoms with Crippen LogP contribution in [0.4, 0.5) is 0 Å². The molecule has 0 bridgehead atoms. The van der Waals surface area contributed by atoms with E-state index in [-0.39, 0.29) is 0 Å². The van der Waals surface area contributed by atoms with Crippen molar-refractivity contribution in [3.8, 4) is 11.5 Å². The standard InChI is InChI=1S/C19H20Br2O3/c1-3-4-5-10-23-16-8-6-14(7-9-16)19(22)24-18-13(2)11-15(20)12-17(18)21/h6-9,11-12H,3-5,10H2,1-2H3. The lowest BCUT2D eigenvalue weighted by atomic mass is 10.2. The summed E-state index contributed by atoms with van der Waals surface area (Å²) in [6, 6.07) is 10.8. The van der Waals surface area contributed by atoms with Crippen molar-refractivity contribution in [3.05, 3.63) is 56.5 Å². The molecule has 0 amide bonds. The number of rotatable bonds is 7. The van der Waals surface area contributed by atoms with Crippen LogP contribution in [-0.2, 0) is 0 Å². The van der Waals surface area contributed by atoms with Gasteiger partial charge in [0.2, 0.25) is 0 Å². The molecule has 5 heteroatoms. The summed E-state index contributed by atoms with van der Waals surface area (Å²) in [4.78, 5) is 12.3. The smallest absolute Gasteiger partial charge is 0.343 e. The molecule has 0 aliphatic rings. The van der Waals surface area contributed by atoms with Crippen molar-refractivity contribution in [1.29, 1.82) is 0 Å². The lowest BCUT2D eigenvalue weighted by Crippen LogP contribution is -2.10. The molecule has 0 aromatic heterocycles. The number of hydrogen-bond donors (Lipinski definition) is 0. The summed E-state index contributed by atoms with van der Waals surface area (Å²) in [5.41, 5.74) is 1.37. The van der Waals surface area contributed by atoms with Crippen LogP contribution in [0.5, 0.6) is 11.5 Å². The molecular weight excluding hydrogens is 436 g/mol. The zero-order chi connectivity index (χ0) is 17.5. The minimum atomic E-state index is -0.390. The molecule has 0 unspecified atom stereocenters. The second-order valence-electron chi connectivity index (χ2n) is 5.50. The fraction of sp³-hybridized carbons (Fsp3) is 0.316. The Hall–Kier alpha value is -1.33. The molecule has 24 heavy (non-hydrogen) atoms. The fourth-order valence-corrected chi connectivity index (χ4v) is 3.72. The van der Waals surface area contributed by atoms with Gasteiger partial charge < -0.3 is 9.47 Å². The van der Waals surface area contributed by atoms with Crippen LogP contribution in [0, 0.1) is 6.92 Å². The van der Waals surface area contributed by atoms with Crippen molar-refractivity contribution in [2.75, 3.05) is 6.61 Å². The average Bonchev–Trinajstić information content (AvgIpc) is 2.55. The van der Waals surface area contributed by atoms with Gasteiger partial charge >= 0.3 is 5.97 Å². The van der Waals surface area contributed by atoms with E-state index < -0.39 is 5.97 Å². The predicted molar refractivity (Wildman–Crippen MR) is 103 cm³/mol. The molecule has 2 rings (SSSR count). The topological polar surface area (TPSA) is 35.5 Å². The van der Waals surface area contributed by atoms with E-state index in [9.17, 15) is 4.79 Å². The van der Waals surface area contributed by atoms with Gasteiger partial charge in [0, 0.05) is 4.47 Å². The Morgan fingerprint density at radius 2 is 1.79 bits per heavy atom. The van der Waals surface area contributed by atoms with Crippen molar-refractivity contribution in [1.82, 2.24) is 0 Å². The third kappa shape index (κ3) is 5.35. The maximum Gasteiger partial charge on any atom is 0.343 e. The lowest BCUT2D eigenvalue weighted by Gasteiger charge is -2.11. The largest absolute Gasteiger partial charge is 0.494 e. The highest BCUT2D eigenvalue weighted by molar-refractivity contribution is 9.11. The first-order valence-corrected chi connectivity index (χ1v) is 9.50. The molecular formula is C19H20Br2O3. The van der Waals surface area contributed by atoms with Crippen molar-refractivity contribution in [2.24, 2.45) is 0 Å². The van der Waals surface area contributed by atoms with Crippen molar-refractivity contribution in [2.45, 2.75) is 33.1 Å². The molecule has 0 fully saturated rings. The van der Waals surface area contributed by atoms with Gasteiger partial charge in [-0.2, -0.15) is 0 Å². The van der Waals surface area contributed by atoms with Gasteiger partial charge in [-0.05, 0) is 71.2 Å². The molecule has 0 aliphatic carbocycles. The summed E-state index contributed by atoms with van der Waals surface area (Å²) in [5.74, 6) is 0.908. The number of halogens is 2. The normalized spacial score (nSPS) is 10.5. The summed E-state index contributed by atoms with van der Waals surface area (Å²) >= 11 is 6.84. The molecule has 0 atom stereocenters. The second kappa shape index (κ2) is 9.23. The van der Waals surface area contributed by atoms with E-state index in [1.807, 2.05) is 19.1 Å². The molecule has 128 valence electrons. The molecule has 0 radical (unpaired) electrons. The SMILES string of the molecule is CCCCCOc1ccc(C(=O)Oc2c(C)cc(Br)cc2Br)cc1. The van der Waals surface area contributed by atoms with Crippen LogP contribution >= 0.6 is 31.9 Å². The van der Waals surface area contributed by atoms with Gasteiger partial charge in [0.1, 0.15) is 11.5 Å². The molecule has 2 aromatic rings. The van der Waals surface area contributed by atoms with E-state index in [1.165, 1.54) is 6.42 Å². The van der Waals surface area contributed by atoms with Crippen molar-refractivity contribution >= 4 is 37.8 Å². The Balaban J connectivity index is 2.00. The monoisotopic (exact) mass is 454 g/mol. The predicted octanol–water partition coefficient (Wildman–Crippen LogP) is 6.31. The van der Waals surface area contributed by atoms with Gasteiger partial charge in [-0.3, -0.25) is 0 Å². The number of carbonyl (C=O) groups is 1. The first-order valence-electron chi connectivity index (χ1n) is 7.92. The molecule has 0 N–H and O–H groups in total. The third-order valence-electron chi connectivity index (χ3n) is 3.50. The number of ether oxygens (including phenoxy) is 2. The van der Waals surface area contributed by atoms with Gasteiger partial charge in [-0.1, -0.05) is 35.7 Å². The van der Waals surface area contributed by atoms with Gasteiger partial charge in [-0.15, -0.1) is 0 Å². The van der Waals surface area contributed by atoms with Crippen LogP contribution < -0.4 is 9.47 Å². The summed E-state index contributed by atoms with van der Waals surface area (Å²) in [7, 11) is 0. The molecule has 0 spiro atoms. The lowest BCUT2D eigenvalue weighted by molar-refractivity contribution is 0.0732. The zero-order valence-electron chi connectivity index (χ0n) is 13.8. The molecule has 0 heterocycles. The van der Waals surface area contributed by atoms with E-state index in [0.717, 1.165) is 33.1 Å². The van der Waals surface area contributed by atoms with Crippen LogP contribution in [-0.4, -0.2) is 12.6 Å². The van der Waals surface area contributed by atoms with E-state index in [4.69, 9.17) is 9.47 Å². The molecule has 0 saturated carbocycles. The molecule has 0 saturated heterocycles. The quantitative estimate of drug-likeness (QED) is 0.279. The number of aryl methyl sites for hydroxylation is 1. The summed E-state index contributed by atoms with van der Waals surface area (Å²) < 4.78 is 12.8. The van der Waals surface area contributed by atoms with Gasteiger partial charge in [-0.25, -0.2) is 4.79 Å². The van der Waals surface area contributed by atoms with Crippen LogP contribution in [0.2, 0.25) is 0 Å². The molecule has 3 nitrogen and oxygen atoms in total. The van der Waals surface area contributed by atoms with Gasteiger partial charge in [0.15, 0.2) is 0 Å². The van der Waals surface area contributed by atoms with Crippen LogP contribution in [0.25, 0.3) is 0 Å². The Morgan fingerprint density at radius 3 is 2.42 bits per heavy atom. The van der Waals surface area contributed by atoms with Crippen LogP contribution in [0.3, 0.4) is 0 Å². The van der Waals surface area contributed by atoms with Gasteiger partial charge in [0.05, 0.1) is 16.6 Å². The van der Waals surface area contributed by atoms with Crippen molar-refractivity contribution in [3.63, 3.8) is 0 Å². The van der Waals surface area contributed by atoms with E-state index in [0.29, 0.717) is 17.9 Å². The van der Waals surface area contributed by atoms with E-state index in [1.54, 1.807) is 24.3 Å². The number of esters is 1. The van der Waals surface area contributed by atoms with E-state index in [2.05, 4.69) is 38.8 Å². The highest BCUT2D eigenvalue weighted by Crippen LogP contribution is 2.33. The number of hydrogen-bond acceptors (Lipinski definition) is 3. The second-order valence-corrected chi connectivity index (χ2v) is 7.27. The highest BCUT2D eigenvalue weighted by atomic mass is 79.9. The van der Waals surface area contributed by atoms with Crippen LogP contribution in [0.15, 0.2) is 45.3 Å². The van der Waals surface area contributed by atoms with E-state index >= 15 is 0 Å². The summed E-state index contributed by atoms with van der Waals surface area (Å²) in [6.07, 6.45) is 3.36. The Bertz CT molecular complexity index is 673. The number of carbonyl (C=O) groups excluding carboxylic acids is 1. The van der Waals surface area contributed by atoms with Crippen molar-refractivity contribution < 1.29 is 14.3 Å². The maximum absolute atomic E-state index is 12.3. The average molecular weight is 456 g/mol. The Labute approximate surface area is 159 Å². The maximum atomic E-state index is 12.3. The minimum absolute atomic E-state index is 0.390. The first kappa shape index (κ1) is 19.0. The summed E-state index contributed by atoms with van der Waals surface area (Å²) in [5, 5.41) is 0. The highest BCUT2D eigenvalue weighted by Gasteiger charge is 2.14.